The van der Waals surface area contributed by atoms with Crippen molar-refractivity contribution in [2.24, 2.45) is 5.92 Å². The molecule has 1 N–H and O–H groups in total. The van der Waals surface area contributed by atoms with Crippen LogP contribution in [0.2, 0.25) is 0 Å². The second kappa shape index (κ2) is 11.7. The normalized spacial score (nSPS) is 17.3. The van der Waals surface area contributed by atoms with Gasteiger partial charge < -0.3 is 14.5 Å². The summed E-state index contributed by atoms with van der Waals surface area (Å²) < 4.78 is 11.2. The molecule has 2 heterocycles. The molecule has 0 unspecified atom stereocenters. The van der Waals surface area contributed by atoms with Gasteiger partial charge in [0.2, 0.25) is 11.8 Å². The predicted molar refractivity (Wildman–Crippen MR) is 113 cm³/mol. The van der Waals surface area contributed by atoms with Gasteiger partial charge in [-0.2, -0.15) is 0 Å². The van der Waals surface area contributed by atoms with Gasteiger partial charge in [-0.25, -0.2) is 4.98 Å². The fourth-order valence-electron chi connectivity index (χ4n) is 3.61. The van der Waals surface area contributed by atoms with E-state index in [1.807, 2.05) is 30.3 Å². The number of unbranched alkanes of at least 4 members (excludes halogenated alkanes) is 1. The molecule has 0 saturated carbocycles. The first-order valence-electron chi connectivity index (χ1n) is 10.8. The van der Waals surface area contributed by atoms with E-state index in [-0.39, 0.29) is 11.8 Å². The number of piperidine rings is 1. The zero-order valence-electron chi connectivity index (χ0n) is 17.4. The lowest BCUT2D eigenvalue weighted by Gasteiger charge is -2.31. The van der Waals surface area contributed by atoms with Crippen molar-refractivity contribution in [3.8, 4) is 11.5 Å². The maximum absolute atomic E-state index is 12.5. The molecule has 1 atom stereocenters. The van der Waals surface area contributed by atoms with Crippen molar-refractivity contribution in [2.45, 2.75) is 45.6 Å². The number of nitrogens with zero attached hydrogens (tertiary/aromatic N) is 2. The van der Waals surface area contributed by atoms with Crippen LogP contribution in [0.5, 0.6) is 0 Å². The van der Waals surface area contributed by atoms with Crippen LogP contribution >= 0.6 is 0 Å². The van der Waals surface area contributed by atoms with Gasteiger partial charge in [0.1, 0.15) is 6.26 Å². The summed E-state index contributed by atoms with van der Waals surface area (Å²) in [5, 5.41) is 3.07. The molecule has 1 fully saturated rings. The number of aromatic nitrogens is 1. The Balaban J connectivity index is 1.40. The Morgan fingerprint density at radius 2 is 2.10 bits per heavy atom. The van der Waals surface area contributed by atoms with Gasteiger partial charge in [-0.15, -0.1) is 0 Å². The maximum atomic E-state index is 12.5. The quantitative estimate of drug-likeness (QED) is 0.581. The lowest BCUT2D eigenvalue weighted by molar-refractivity contribution is -0.126. The number of hydrogen-bond donors (Lipinski definition) is 1. The number of rotatable bonds is 11. The summed E-state index contributed by atoms with van der Waals surface area (Å²) >= 11 is 0. The SMILES string of the molecule is CCCCOCCCNC(=O)[C@@H]1CCCN(Cc2coc(-c3ccccc3)n2)C1. The second-order valence-electron chi connectivity index (χ2n) is 7.69. The largest absolute Gasteiger partial charge is 0.444 e. The fraction of sp³-hybridized carbons (Fsp3) is 0.565. The summed E-state index contributed by atoms with van der Waals surface area (Å²) in [4.78, 5) is 19.4. The highest BCUT2D eigenvalue weighted by molar-refractivity contribution is 5.78. The van der Waals surface area contributed by atoms with E-state index >= 15 is 0 Å². The molecule has 0 bridgehead atoms. The highest BCUT2D eigenvalue weighted by Gasteiger charge is 2.26. The highest BCUT2D eigenvalue weighted by atomic mass is 16.5. The van der Waals surface area contributed by atoms with Crippen molar-refractivity contribution in [1.29, 1.82) is 0 Å². The number of nitrogens with one attached hydrogen (secondary N) is 1. The lowest BCUT2D eigenvalue weighted by Crippen LogP contribution is -2.43. The molecule has 1 saturated heterocycles. The first-order valence-corrected chi connectivity index (χ1v) is 10.8. The topological polar surface area (TPSA) is 67.6 Å². The van der Waals surface area contributed by atoms with Crippen molar-refractivity contribution in [3.63, 3.8) is 0 Å². The molecule has 2 aromatic rings. The third-order valence-electron chi connectivity index (χ3n) is 5.24. The van der Waals surface area contributed by atoms with E-state index in [1.54, 1.807) is 6.26 Å². The van der Waals surface area contributed by atoms with Crippen LogP contribution in [0.15, 0.2) is 41.0 Å². The van der Waals surface area contributed by atoms with Gasteiger partial charge in [0.15, 0.2) is 0 Å². The first kappa shape index (κ1) is 21.5. The van der Waals surface area contributed by atoms with E-state index in [4.69, 9.17) is 9.15 Å². The van der Waals surface area contributed by atoms with Crippen LogP contribution in [0.3, 0.4) is 0 Å². The molecule has 0 spiro atoms. The molecule has 0 radical (unpaired) electrons. The average Bonchev–Trinajstić information content (AvgIpc) is 3.22. The minimum atomic E-state index is 0.0465. The molecule has 1 amide bonds. The van der Waals surface area contributed by atoms with E-state index in [9.17, 15) is 4.79 Å². The number of oxazole rings is 1. The highest BCUT2D eigenvalue weighted by Crippen LogP contribution is 2.21. The van der Waals surface area contributed by atoms with Gasteiger partial charge in [0, 0.05) is 38.4 Å². The summed E-state index contributed by atoms with van der Waals surface area (Å²) in [5.41, 5.74) is 1.89. The lowest BCUT2D eigenvalue weighted by atomic mass is 9.97. The molecule has 0 aliphatic carbocycles. The van der Waals surface area contributed by atoms with Gasteiger partial charge in [-0.1, -0.05) is 31.5 Å². The Hall–Kier alpha value is -2.18. The zero-order valence-corrected chi connectivity index (χ0v) is 17.4. The molecule has 158 valence electrons. The Bertz CT molecular complexity index is 732. The van der Waals surface area contributed by atoms with Crippen LogP contribution in [0, 0.1) is 5.92 Å². The minimum absolute atomic E-state index is 0.0465. The van der Waals surface area contributed by atoms with Crippen LogP contribution in [-0.2, 0) is 16.1 Å². The summed E-state index contributed by atoms with van der Waals surface area (Å²) in [6.45, 7) is 6.84. The van der Waals surface area contributed by atoms with Gasteiger partial charge in [0.25, 0.3) is 0 Å². The van der Waals surface area contributed by atoms with E-state index in [0.29, 0.717) is 25.6 Å². The smallest absolute Gasteiger partial charge is 0.226 e. The van der Waals surface area contributed by atoms with Crippen molar-refractivity contribution in [1.82, 2.24) is 15.2 Å². The van der Waals surface area contributed by atoms with E-state index in [2.05, 4.69) is 22.1 Å². The number of hydrogen-bond acceptors (Lipinski definition) is 5. The van der Waals surface area contributed by atoms with Gasteiger partial charge in [-0.05, 0) is 44.4 Å². The molecule has 29 heavy (non-hydrogen) atoms. The van der Waals surface area contributed by atoms with E-state index < -0.39 is 0 Å². The first-order chi connectivity index (χ1) is 14.3. The summed E-state index contributed by atoms with van der Waals surface area (Å²) in [6.07, 6.45) is 6.82. The third-order valence-corrected chi connectivity index (χ3v) is 5.24. The monoisotopic (exact) mass is 399 g/mol. The van der Waals surface area contributed by atoms with Gasteiger partial charge in [0.05, 0.1) is 11.6 Å². The van der Waals surface area contributed by atoms with Crippen LogP contribution in [0.4, 0.5) is 0 Å². The Morgan fingerprint density at radius 1 is 1.28 bits per heavy atom. The molecular formula is C23H33N3O3. The number of ether oxygens (including phenoxy) is 1. The Morgan fingerprint density at radius 3 is 2.93 bits per heavy atom. The van der Waals surface area contributed by atoms with Crippen LogP contribution in [0.25, 0.3) is 11.5 Å². The molecule has 1 aliphatic rings. The second-order valence-corrected chi connectivity index (χ2v) is 7.69. The van der Waals surface area contributed by atoms with E-state index in [0.717, 1.165) is 63.1 Å². The molecule has 1 aliphatic heterocycles. The molecule has 1 aromatic carbocycles. The predicted octanol–water partition coefficient (Wildman–Crippen LogP) is 3.88. The van der Waals surface area contributed by atoms with Crippen LogP contribution in [-0.4, -0.2) is 48.6 Å². The van der Waals surface area contributed by atoms with Crippen molar-refractivity contribution < 1.29 is 13.9 Å². The van der Waals surface area contributed by atoms with Gasteiger partial charge >= 0.3 is 0 Å². The average molecular weight is 400 g/mol. The van der Waals surface area contributed by atoms with Crippen molar-refractivity contribution in [2.75, 3.05) is 32.8 Å². The fourth-order valence-corrected chi connectivity index (χ4v) is 3.61. The van der Waals surface area contributed by atoms with E-state index in [1.165, 1.54) is 0 Å². The molecule has 6 heteroatoms. The number of likely N-dealkylation sites (tertiary alicyclic amines) is 1. The summed E-state index contributed by atoms with van der Waals surface area (Å²) in [6, 6.07) is 9.91. The molecular weight excluding hydrogens is 366 g/mol. The zero-order chi connectivity index (χ0) is 20.3. The minimum Gasteiger partial charge on any atom is -0.444 e. The molecule has 6 nitrogen and oxygen atoms in total. The maximum Gasteiger partial charge on any atom is 0.226 e. The molecule has 1 aromatic heterocycles. The third kappa shape index (κ3) is 6.98. The van der Waals surface area contributed by atoms with Gasteiger partial charge in [-0.3, -0.25) is 9.69 Å². The van der Waals surface area contributed by atoms with Crippen LogP contribution < -0.4 is 5.32 Å². The Kier molecular flexibility index (Phi) is 8.71. The summed E-state index contributed by atoms with van der Waals surface area (Å²) in [7, 11) is 0. The van der Waals surface area contributed by atoms with Crippen molar-refractivity contribution >= 4 is 5.91 Å². The summed E-state index contributed by atoms with van der Waals surface area (Å²) in [5.74, 6) is 0.853. The number of amides is 1. The van der Waals surface area contributed by atoms with Crippen molar-refractivity contribution in [3.05, 3.63) is 42.3 Å². The standard InChI is InChI=1S/C23H33N3O3/c1-2-3-14-28-15-8-12-24-22(27)20-11-7-13-26(16-20)17-21-18-29-23(25-21)19-9-5-4-6-10-19/h4-6,9-10,18,20H,2-3,7-8,11-17H2,1H3,(H,24,27)/t20-/m1/s1. The Labute approximate surface area is 173 Å². The number of benzene rings is 1. The number of carbonyl (C=O) groups is 1. The molecule has 3 rings (SSSR count). The van der Waals surface area contributed by atoms with Crippen LogP contribution in [0.1, 0.15) is 44.7 Å². The number of carbonyl (C=O) groups excluding carboxylic acids is 1.